The van der Waals surface area contributed by atoms with E-state index in [1.165, 1.54) is 12.1 Å². The number of rotatable bonds is 6. The van der Waals surface area contributed by atoms with Crippen LogP contribution in [0.25, 0.3) is 0 Å². The van der Waals surface area contributed by atoms with Gasteiger partial charge in [0.25, 0.3) is 0 Å². The minimum absolute atomic E-state index is 0.125. The summed E-state index contributed by atoms with van der Waals surface area (Å²) in [5.41, 5.74) is 1.83. The van der Waals surface area contributed by atoms with Crippen molar-refractivity contribution in [2.75, 3.05) is 17.6 Å². The Kier molecular flexibility index (Phi) is 6.05. The monoisotopic (exact) mass is 330 g/mol. The molecule has 1 unspecified atom stereocenters. The zero-order valence-corrected chi connectivity index (χ0v) is 13.3. The van der Waals surface area contributed by atoms with Gasteiger partial charge in [-0.1, -0.05) is 30.3 Å². The third kappa shape index (κ3) is 5.03. The van der Waals surface area contributed by atoms with Crippen LogP contribution in [0.2, 0.25) is 0 Å². The maximum atomic E-state index is 11.9. The fourth-order valence-electron chi connectivity index (χ4n) is 2.10. The van der Waals surface area contributed by atoms with Gasteiger partial charge in [0.05, 0.1) is 5.56 Å². The molecule has 1 atom stereocenters. The van der Waals surface area contributed by atoms with Crippen LogP contribution in [-0.2, 0) is 0 Å². The van der Waals surface area contributed by atoms with E-state index in [9.17, 15) is 9.59 Å². The molecule has 120 valence electrons. The summed E-state index contributed by atoms with van der Waals surface area (Å²) in [6.45, 7) is 0.465. The van der Waals surface area contributed by atoms with E-state index in [0.29, 0.717) is 18.0 Å². The molecule has 0 saturated carbocycles. The maximum absolute atomic E-state index is 11.9. The minimum Gasteiger partial charge on any atom is -0.478 e. The standard InChI is InChI=1S/C17H18N2O3S/c20-16(21)13-6-8-15(9-7-13)19-17(22)18-10-14(11-23)12-4-2-1-3-5-12/h1-9,14,23H,10-11H2,(H,20,21)(H2,18,19,22). The van der Waals surface area contributed by atoms with Gasteiger partial charge in [-0.05, 0) is 35.6 Å². The summed E-state index contributed by atoms with van der Waals surface area (Å²) in [6, 6.07) is 15.5. The third-order valence-electron chi connectivity index (χ3n) is 3.39. The second-order valence-electron chi connectivity index (χ2n) is 5.01. The van der Waals surface area contributed by atoms with Gasteiger partial charge >= 0.3 is 12.0 Å². The number of thiol groups is 1. The predicted octanol–water partition coefficient (Wildman–Crippen LogP) is 3.22. The Morgan fingerprint density at radius 3 is 2.26 bits per heavy atom. The van der Waals surface area contributed by atoms with Crippen LogP contribution in [0.15, 0.2) is 54.6 Å². The van der Waals surface area contributed by atoms with Gasteiger partial charge in [-0.25, -0.2) is 9.59 Å². The van der Waals surface area contributed by atoms with E-state index in [-0.39, 0.29) is 17.5 Å². The molecule has 2 rings (SSSR count). The summed E-state index contributed by atoms with van der Waals surface area (Å²) in [7, 11) is 0. The van der Waals surface area contributed by atoms with Crippen LogP contribution < -0.4 is 10.6 Å². The lowest BCUT2D eigenvalue weighted by Crippen LogP contribution is -2.32. The predicted molar refractivity (Wildman–Crippen MR) is 93.5 cm³/mol. The highest BCUT2D eigenvalue weighted by atomic mass is 32.1. The lowest BCUT2D eigenvalue weighted by atomic mass is 10.0. The molecule has 0 saturated heterocycles. The number of hydrogen-bond acceptors (Lipinski definition) is 3. The fraction of sp³-hybridized carbons (Fsp3) is 0.176. The Bertz CT molecular complexity index is 659. The van der Waals surface area contributed by atoms with Crippen molar-refractivity contribution in [3.63, 3.8) is 0 Å². The number of anilines is 1. The number of benzene rings is 2. The number of carboxylic acid groups (broad SMARTS) is 1. The van der Waals surface area contributed by atoms with E-state index in [2.05, 4.69) is 23.3 Å². The molecule has 2 aromatic carbocycles. The van der Waals surface area contributed by atoms with E-state index >= 15 is 0 Å². The SMILES string of the molecule is O=C(NCC(CS)c1ccccc1)Nc1ccc(C(=O)O)cc1. The first-order valence-electron chi connectivity index (χ1n) is 7.14. The van der Waals surface area contributed by atoms with Crippen LogP contribution in [0.4, 0.5) is 10.5 Å². The normalized spacial score (nSPS) is 11.5. The van der Waals surface area contributed by atoms with E-state index in [1.807, 2.05) is 30.3 Å². The Morgan fingerprint density at radius 1 is 1.04 bits per heavy atom. The molecule has 0 aliphatic rings. The molecule has 0 aromatic heterocycles. The quantitative estimate of drug-likeness (QED) is 0.614. The van der Waals surface area contributed by atoms with Gasteiger partial charge in [-0.2, -0.15) is 12.6 Å². The highest BCUT2D eigenvalue weighted by Crippen LogP contribution is 2.16. The number of urea groups is 1. The zero-order valence-electron chi connectivity index (χ0n) is 12.4. The van der Waals surface area contributed by atoms with Gasteiger partial charge in [0.2, 0.25) is 0 Å². The average Bonchev–Trinajstić information content (AvgIpc) is 2.57. The summed E-state index contributed by atoms with van der Waals surface area (Å²) in [5, 5.41) is 14.3. The molecule has 0 fully saturated rings. The van der Waals surface area contributed by atoms with Crippen molar-refractivity contribution >= 4 is 30.3 Å². The molecule has 3 N–H and O–H groups in total. The molecule has 0 aliphatic heterocycles. The Balaban J connectivity index is 1.88. The van der Waals surface area contributed by atoms with Crippen molar-refractivity contribution in [2.45, 2.75) is 5.92 Å². The maximum Gasteiger partial charge on any atom is 0.335 e. The molecule has 2 aromatic rings. The first-order chi connectivity index (χ1) is 11.1. The number of aromatic carboxylic acids is 1. The summed E-state index contributed by atoms with van der Waals surface area (Å²) in [5.74, 6) is -0.252. The van der Waals surface area contributed by atoms with Crippen LogP contribution in [0.3, 0.4) is 0 Å². The van der Waals surface area contributed by atoms with E-state index in [1.54, 1.807) is 12.1 Å². The highest BCUT2D eigenvalue weighted by Gasteiger charge is 2.11. The van der Waals surface area contributed by atoms with Crippen LogP contribution in [0, 0.1) is 0 Å². The highest BCUT2D eigenvalue weighted by molar-refractivity contribution is 7.80. The summed E-state index contributed by atoms with van der Waals surface area (Å²) in [6.07, 6.45) is 0. The number of hydrogen-bond donors (Lipinski definition) is 4. The summed E-state index contributed by atoms with van der Waals surface area (Å²) >= 11 is 4.33. The van der Waals surface area contributed by atoms with Crippen molar-refractivity contribution in [3.05, 3.63) is 65.7 Å². The molecular weight excluding hydrogens is 312 g/mol. The van der Waals surface area contributed by atoms with Crippen molar-refractivity contribution in [1.29, 1.82) is 0 Å². The second-order valence-corrected chi connectivity index (χ2v) is 5.37. The summed E-state index contributed by atoms with van der Waals surface area (Å²) in [4.78, 5) is 22.7. The molecule has 2 amide bonds. The van der Waals surface area contributed by atoms with Gasteiger partial charge in [-0.3, -0.25) is 0 Å². The molecule has 0 radical (unpaired) electrons. The molecule has 5 nitrogen and oxygen atoms in total. The Hall–Kier alpha value is -2.47. The van der Waals surface area contributed by atoms with Crippen molar-refractivity contribution in [1.82, 2.24) is 5.32 Å². The number of carboxylic acids is 1. The fourth-order valence-corrected chi connectivity index (χ4v) is 2.44. The first kappa shape index (κ1) is 16.9. The third-order valence-corrected chi connectivity index (χ3v) is 3.83. The lowest BCUT2D eigenvalue weighted by molar-refractivity contribution is 0.0697. The first-order valence-corrected chi connectivity index (χ1v) is 7.77. The van der Waals surface area contributed by atoms with Crippen molar-refractivity contribution < 1.29 is 14.7 Å². The van der Waals surface area contributed by atoms with Gasteiger partial charge in [-0.15, -0.1) is 0 Å². The lowest BCUT2D eigenvalue weighted by Gasteiger charge is -2.16. The largest absolute Gasteiger partial charge is 0.478 e. The zero-order chi connectivity index (χ0) is 16.7. The number of carbonyl (C=O) groups is 2. The second kappa shape index (κ2) is 8.24. The number of carbonyl (C=O) groups excluding carboxylic acids is 1. The minimum atomic E-state index is -1.000. The topological polar surface area (TPSA) is 78.4 Å². The van der Waals surface area contributed by atoms with Crippen molar-refractivity contribution in [3.8, 4) is 0 Å². The summed E-state index contributed by atoms with van der Waals surface area (Å²) < 4.78 is 0. The smallest absolute Gasteiger partial charge is 0.335 e. The molecular formula is C17H18N2O3S. The van der Waals surface area contributed by atoms with Gasteiger partial charge in [0, 0.05) is 18.2 Å². The van der Waals surface area contributed by atoms with E-state index < -0.39 is 5.97 Å². The van der Waals surface area contributed by atoms with Crippen LogP contribution in [0.5, 0.6) is 0 Å². The molecule has 0 spiro atoms. The van der Waals surface area contributed by atoms with Gasteiger partial charge < -0.3 is 15.7 Å². The molecule has 0 heterocycles. The van der Waals surface area contributed by atoms with Crippen molar-refractivity contribution in [2.24, 2.45) is 0 Å². The molecule has 0 bridgehead atoms. The average molecular weight is 330 g/mol. The molecule has 23 heavy (non-hydrogen) atoms. The molecule has 6 heteroatoms. The van der Waals surface area contributed by atoms with Gasteiger partial charge in [0.15, 0.2) is 0 Å². The Labute approximate surface area is 140 Å². The van der Waals surface area contributed by atoms with E-state index in [4.69, 9.17) is 5.11 Å². The van der Waals surface area contributed by atoms with Crippen LogP contribution >= 0.6 is 12.6 Å². The number of amides is 2. The molecule has 0 aliphatic carbocycles. The van der Waals surface area contributed by atoms with Crippen LogP contribution in [-0.4, -0.2) is 29.4 Å². The number of nitrogens with one attached hydrogen (secondary N) is 2. The van der Waals surface area contributed by atoms with Crippen LogP contribution in [0.1, 0.15) is 21.8 Å². The van der Waals surface area contributed by atoms with Gasteiger partial charge in [0.1, 0.15) is 0 Å². The Morgan fingerprint density at radius 2 is 1.70 bits per heavy atom. The van der Waals surface area contributed by atoms with E-state index in [0.717, 1.165) is 5.56 Å².